The van der Waals surface area contributed by atoms with Gasteiger partial charge in [-0.2, -0.15) is 0 Å². The molecular formula is C21H23ClN2O3. The van der Waals surface area contributed by atoms with Crippen LogP contribution in [0.3, 0.4) is 0 Å². The highest BCUT2D eigenvalue weighted by Gasteiger charge is 2.37. The van der Waals surface area contributed by atoms with Gasteiger partial charge in [-0.15, -0.1) is 0 Å². The molecule has 142 valence electrons. The molecule has 6 heteroatoms. The zero-order chi connectivity index (χ0) is 19.2. The average molecular weight is 387 g/mol. The van der Waals surface area contributed by atoms with Crippen LogP contribution < -0.4 is 14.8 Å². The number of hydrogen-bond donors (Lipinski definition) is 2. The van der Waals surface area contributed by atoms with Crippen LogP contribution in [-0.2, 0) is 0 Å². The summed E-state index contributed by atoms with van der Waals surface area (Å²) >= 11 is 6.19. The minimum absolute atomic E-state index is 0.103. The number of phenols is 1. The molecule has 0 saturated heterocycles. The lowest BCUT2D eigenvalue weighted by atomic mass is 9.88. The number of benzene rings is 2. The number of phenolic OH excluding ortho intramolecular Hbond substituents is 1. The Morgan fingerprint density at radius 3 is 2.74 bits per heavy atom. The number of fused-ring (bicyclic) bond motifs is 1. The molecule has 0 amide bonds. The first-order valence-corrected chi connectivity index (χ1v) is 9.48. The largest absolute Gasteiger partial charge is 0.508 e. The third-order valence-electron chi connectivity index (χ3n) is 5.43. The Hall–Kier alpha value is -2.24. The van der Waals surface area contributed by atoms with Crippen molar-refractivity contribution in [3.05, 3.63) is 52.5 Å². The van der Waals surface area contributed by atoms with E-state index in [1.54, 1.807) is 12.1 Å². The molecule has 2 atom stereocenters. The molecule has 4 rings (SSSR count). The summed E-state index contributed by atoms with van der Waals surface area (Å²) in [5.41, 5.74) is 2.28. The molecule has 27 heavy (non-hydrogen) atoms. The summed E-state index contributed by atoms with van der Waals surface area (Å²) < 4.78 is 10.9. The zero-order valence-corrected chi connectivity index (χ0v) is 16.4. The Morgan fingerprint density at radius 1 is 1.19 bits per heavy atom. The molecule has 0 spiro atoms. The van der Waals surface area contributed by atoms with Crippen molar-refractivity contribution in [2.24, 2.45) is 10.9 Å². The molecule has 0 bridgehead atoms. The minimum Gasteiger partial charge on any atom is -0.508 e. The molecule has 0 fully saturated rings. The van der Waals surface area contributed by atoms with Gasteiger partial charge in [-0.05, 0) is 54.8 Å². The number of aliphatic imine (C=N–C) groups is 1. The van der Waals surface area contributed by atoms with Gasteiger partial charge in [0.25, 0.3) is 0 Å². The number of nitrogens with zero attached hydrogens (tertiary/aromatic N) is 1. The number of ether oxygens (including phenoxy) is 2. The van der Waals surface area contributed by atoms with Crippen LogP contribution in [0.1, 0.15) is 44.4 Å². The molecule has 0 aliphatic carbocycles. The Bertz CT molecular complexity index is 912. The van der Waals surface area contributed by atoms with Crippen molar-refractivity contribution in [2.75, 3.05) is 6.79 Å². The molecule has 0 radical (unpaired) electrons. The summed E-state index contributed by atoms with van der Waals surface area (Å²) in [6.45, 7) is 6.59. The van der Waals surface area contributed by atoms with Gasteiger partial charge >= 0.3 is 0 Å². The fraction of sp³-hybridized carbons (Fsp3) is 0.381. The molecule has 2 aromatic carbocycles. The maximum atomic E-state index is 10.4. The molecule has 0 aromatic heterocycles. The van der Waals surface area contributed by atoms with Crippen LogP contribution in [0.5, 0.6) is 17.2 Å². The van der Waals surface area contributed by atoms with E-state index in [0.29, 0.717) is 11.4 Å². The maximum Gasteiger partial charge on any atom is 0.231 e. The first-order chi connectivity index (χ1) is 12.9. The highest BCUT2D eigenvalue weighted by atomic mass is 35.5. The monoisotopic (exact) mass is 386 g/mol. The van der Waals surface area contributed by atoms with Gasteiger partial charge in [0.1, 0.15) is 11.4 Å². The number of rotatable bonds is 3. The molecule has 2 heterocycles. The molecule has 2 unspecified atom stereocenters. The van der Waals surface area contributed by atoms with Gasteiger partial charge in [0, 0.05) is 28.8 Å². The molecule has 2 N–H and O–H groups in total. The second kappa shape index (κ2) is 6.73. The van der Waals surface area contributed by atoms with Gasteiger partial charge in [0.2, 0.25) is 6.79 Å². The van der Waals surface area contributed by atoms with Crippen molar-refractivity contribution in [1.29, 1.82) is 0 Å². The predicted octanol–water partition coefficient (Wildman–Crippen LogP) is 4.67. The van der Waals surface area contributed by atoms with Gasteiger partial charge in [0.05, 0.1) is 0 Å². The van der Waals surface area contributed by atoms with E-state index in [9.17, 15) is 5.11 Å². The van der Waals surface area contributed by atoms with Gasteiger partial charge in [-0.1, -0.05) is 25.4 Å². The van der Waals surface area contributed by atoms with Crippen LogP contribution in [-0.4, -0.2) is 23.3 Å². The van der Waals surface area contributed by atoms with Crippen LogP contribution in [0, 0.1) is 5.92 Å². The van der Waals surface area contributed by atoms with Crippen molar-refractivity contribution >= 4 is 17.3 Å². The summed E-state index contributed by atoms with van der Waals surface area (Å²) in [4.78, 5) is 5.03. The number of halogens is 1. The summed E-state index contributed by atoms with van der Waals surface area (Å²) in [6.07, 6.45) is 0.635. The number of nitrogens with one attached hydrogen (secondary N) is 1. The lowest BCUT2D eigenvalue weighted by molar-refractivity contribution is 0.174. The second-order valence-electron chi connectivity index (χ2n) is 7.53. The molecule has 0 saturated carbocycles. The molecule has 2 aromatic rings. The van der Waals surface area contributed by atoms with Crippen molar-refractivity contribution in [3.8, 4) is 17.2 Å². The van der Waals surface area contributed by atoms with Crippen LogP contribution in [0.15, 0.2) is 41.4 Å². The van der Waals surface area contributed by atoms with E-state index in [2.05, 4.69) is 26.1 Å². The van der Waals surface area contributed by atoms with E-state index in [1.807, 2.05) is 24.3 Å². The standard InChI is InChI=1S/C21H23ClN2O3/c1-12(2)21(3)23-16(13-4-7-19-20(8-13)27-11-26-19)10-17(24-21)15-9-14(22)5-6-18(15)25/h4-9,12,17,24-25H,10-11H2,1-3H3. The lowest BCUT2D eigenvalue weighted by Gasteiger charge is -2.40. The topological polar surface area (TPSA) is 63.1 Å². The highest BCUT2D eigenvalue weighted by molar-refractivity contribution is 6.30. The van der Waals surface area contributed by atoms with Crippen molar-refractivity contribution in [2.45, 2.75) is 38.9 Å². The van der Waals surface area contributed by atoms with E-state index >= 15 is 0 Å². The Kier molecular flexibility index (Phi) is 4.52. The van der Waals surface area contributed by atoms with Crippen molar-refractivity contribution < 1.29 is 14.6 Å². The van der Waals surface area contributed by atoms with Crippen LogP contribution >= 0.6 is 11.6 Å². The van der Waals surface area contributed by atoms with E-state index < -0.39 is 5.66 Å². The van der Waals surface area contributed by atoms with Gasteiger partial charge < -0.3 is 14.6 Å². The first-order valence-electron chi connectivity index (χ1n) is 9.10. The summed E-state index contributed by atoms with van der Waals surface area (Å²) in [5, 5.41) is 14.6. The van der Waals surface area contributed by atoms with Crippen LogP contribution in [0.4, 0.5) is 0 Å². The summed E-state index contributed by atoms with van der Waals surface area (Å²) in [7, 11) is 0. The van der Waals surface area contributed by atoms with Crippen molar-refractivity contribution in [3.63, 3.8) is 0 Å². The predicted molar refractivity (Wildman–Crippen MR) is 106 cm³/mol. The number of hydrogen-bond acceptors (Lipinski definition) is 5. The molecule has 2 aliphatic rings. The summed E-state index contributed by atoms with van der Waals surface area (Å²) in [5.74, 6) is 1.98. The highest BCUT2D eigenvalue weighted by Crippen LogP contribution is 2.39. The molecule has 2 aliphatic heterocycles. The third-order valence-corrected chi connectivity index (χ3v) is 5.66. The number of aromatic hydroxyl groups is 1. The third kappa shape index (κ3) is 3.37. The average Bonchev–Trinajstić information content (AvgIpc) is 3.11. The van der Waals surface area contributed by atoms with E-state index in [1.165, 1.54) is 0 Å². The SMILES string of the molecule is CC(C)C1(C)N=C(c2ccc3c(c2)OCO3)CC(c2cc(Cl)ccc2O)N1. The minimum atomic E-state index is -0.469. The second-order valence-corrected chi connectivity index (χ2v) is 7.97. The zero-order valence-electron chi connectivity index (χ0n) is 15.6. The fourth-order valence-corrected chi connectivity index (χ4v) is 3.68. The fourth-order valence-electron chi connectivity index (χ4n) is 3.50. The van der Waals surface area contributed by atoms with Crippen LogP contribution in [0.25, 0.3) is 0 Å². The molecule has 5 nitrogen and oxygen atoms in total. The van der Waals surface area contributed by atoms with E-state index in [4.69, 9.17) is 26.1 Å². The van der Waals surface area contributed by atoms with E-state index in [0.717, 1.165) is 28.3 Å². The first kappa shape index (κ1) is 18.1. The summed E-state index contributed by atoms with van der Waals surface area (Å²) in [6, 6.07) is 10.9. The molecular weight excluding hydrogens is 364 g/mol. The Balaban J connectivity index is 1.76. The maximum absolute atomic E-state index is 10.4. The van der Waals surface area contributed by atoms with Crippen LogP contribution in [0.2, 0.25) is 5.02 Å². The lowest BCUT2D eigenvalue weighted by Crippen LogP contribution is -2.51. The van der Waals surface area contributed by atoms with E-state index in [-0.39, 0.29) is 24.5 Å². The Morgan fingerprint density at radius 2 is 1.96 bits per heavy atom. The van der Waals surface area contributed by atoms with Crippen molar-refractivity contribution in [1.82, 2.24) is 5.32 Å². The Labute approximate surface area is 164 Å². The quantitative estimate of drug-likeness (QED) is 0.804. The van der Waals surface area contributed by atoms with Gasteiger partial charge in [-0.3, -0.25) is 10.3 Å². The smallest absolute Gasteiger partial charge is 0.231 e. The normalized spacial score (nSPS) is 24.2. The van der Waals surface area contributed by atoms with Gasteiger partial charge in [-0.25, -0.2) is 0 Å². The van der Waals surface area contributed by atoms with Gasteiger partial charge in [0.15, 0.2) is 11.5 Å².